The number of benzene rings is 3. The number of nitrogens with zero attached hydrogens (tertiary/aromatic N) is 1. The van der Waals surface area contributed by atoms with Gasteiger partial charge in [0.1, 0.15) is 17.7 Å². The fraction of sp³-hybridized carbons (Fsp3) is 0.312. The Morgan fingerprint density at radius 3 is 2.65 bits per heavy atom. The predicted molar refractivity (Wildman–Crippen MR) is 147 cm³/mol. The molecule has 1 atom stereocenters. The summed E-state index contributed by atoms with van der Waals surface area (Å²) >= 11 is 0. The Morgan fingerprint density at radius 1 is 1.05 bits per heavy atom. The van der Waals surface area contributed by atoms with Gasteiger partial charge in [0.15, 0.2) is 0 Å². The van der Waals surface area contributed by atoms with Crippen molar-refractivity contribution in [1.29, 1.82) is 0 Å². The third-order valence-electron chi connectivity index (χ3n) is 8.45. The molecule has 3 N–H and O–H groups in total. The zero-order valence-electron chi connectivity index (χ0n) is 21.2. The van der Waals surface area contributed by atoms with Gasteiger partial charge >= 0.3 is 5.97 Å². The first-order valence-corrected chi connectivity index (χ1v) is 13.2. The maximum atomic E-state index is 11.6. The van der Waals surface area contributed by atoms with E-state index in [0.29, 0.717) is 11.6 Å². The number of nitrogens with two attached hydrogens (primary N) is 1. The van der Waals surface area contributed by atoms with Crippen LogP contribution >= 0.6 is 0 Å². The summed E-state index contributed by atoms with van der Waals surface area (Å²) in [5.41, 5.74) is 12.9. The smallest absolute Gasteiger partial charge is 0.307 e. The Balaban J connectivity index is 1.43. The van der Waals surface area contributed by atoms with Gasteiger partial charge in [0.2, 0.25) is 0 Å². The Hall–Kier alpha value is -3.86. The second-order valence-electron chi connectivity index (χ2n) is 10.7. The highest BCUT2D eigenvalue weighted by molar-refractivity contribution is 5.94. The van der Waals surface area contributed by atoms with Crippen LogP contribution in [-0.4, -0.2) is 16.1 Å². The minimum Gasteiger partial charge on any atom is -0.485 e. The van der Waals surface area contributed by atoms with Crippen molar-refractivity contribution in [1.82, 2.24) is 4.98 Å². The third kappa shape index (κ3) is 4.22. The van der Waals surface area contributed by atoms with Gasteiger partial charge in [0.25, 0.3) is 0 Å². The van der Waals surface area contributed by atoms with Crippen molar-refractivity contribution in [3.8, 4) is 16.9 Å². The summed E-state index contributed by atoms with van der Waals surface area (Å²) in [6.07, 6.45) is 8.62. The van der Waals surface area contributed by atoms with Crippen LogP contribution in [-0.2, 0) is 16.6 Å². The van der Waals surface area contributed by atoms with Crippen LogP contribution in [0.25, 0.3) is 21.9 Å². The zero-order chi connectivity index (χ0) is 25.6. The van der Waals surface area contributed by atoms with E-state index in [9.17, 15) is 9.90 Å². The molecule has 188 valence electrons. The van der Waals surface area contributed by atoms with Gasteiger partial charge in [-0.1, -0.05) is 55.7 Å². The zero-order valence-corrected chi connectivity index (χ0v) is 21.2. The van der Waals surface area contributed by atoms with E-state index in [2.05, 4.69) is 41.4 Å². The van der Waals surface area contributed by atoms with E-state index < -0.39 is 5.97 Å². The lowest BCUT2D eigenvalue weighted by Crippen LogP contribution is -2.26. The maximum Gasteiger partial charge on any atom is 0.307 e. The normalized spacial score (nSPS) is 18.1. The van der Waals surface area contributed by atoms with E-state index in [1.807, 2.05) is 31.2 Å². The van der Waals surface area contributed by atoms with Crippen LogP contribution in [0.3, 0.4) is 0 Å². The molecule has 0 bridgehead atoms. The van der Waals surface area contributed by atoms with E-state index in [0.717, 1.165) is 39.4 Å². The quantitative estimate of drug-likeness (QED) is 0.309. The van der Waals surface area contributed by atoms with E-state index in [1.165, 1.54) is 43.2 Å². The van der Waals surface area contributed by atoms with E-state index >= 15 is 0 Å². The van der Waals surface area contributed by atoms with Crippen molar-refractivity contribution in [2.24, 2.45) is 0 Å². The fourth-order valence-corrected chi connectivity index (χ4v) is 6.56. The van der Waals surface area contributed by atoms with Crippen molar-refractivity contribution in [2.75, 3.05) is 5.73 Å². The number of carboxylic acids is 1. The van der Waals surface area contributed by atoms with Crippen LogP contribution in [0.15, 0.2) is 66.9 Å². The average Bonchev–Trinajstić information content (AvgIpc) is 3.18. The second kappa shape index (κ2) is 9.22. The molecule has 0 aliphatic heterocycles. The average molecular weight is 493 g/mol. The number of carbonyl (C=O) groups is 1. The predicted octanol–water partition coefficient (Wildman–Crippen LogP) is 7.15. The summed E-state index contributed by atoms with van der Waals surface area (Å²) in [4.78, 5) is 15.9. The number of hydrogen-bond donors (Lipinski definition) is 2. The second-order valence-corrected chi connectivity index (χ2v) is 10.7. The molecule has 1 spiro atoms. The third-order valence-corrected chi connectivity index (χ3v) is 8.45. The summed E-state index contributed by atoms with van der Waals surface area (Å²) in [5.74, 6) is 0.372. The lowest BCUT2D eigenvalue weighted by Gasteiger charge is -2.34. The first-order valence-electron chi connectivity index (χ1n) is 13.2. The number of fused-ring (bicyclic) bond motifs is 3. The highest BCUT2D eigenvalue weighted by atomic mass is 16.5. The summed E-state index contributed by atoms with van der Waals surface area (Å²) in [6, 6.07) is 21.0. The molecule has 3 aromatic carbocycles. The van der Waals surface area contributed by atoms with Crippen molar-refractivity contribution in [3.05, 3.63) is 89.1 Å². The topological polar surface area (TPSA) is 85.4 Å². The molecule has 5 nitrogen and oxygen atoms in total. The van der Waals surface area contributed by atoms with Gasteiger partial charge in [-0.25, -0.2) is 4.98 Å². The van der Waals surface area contributed by atoms with Crippen molar-refractivity contribution in [3.63, 3.8) is 0 Å². The Morgan fingerprint density at radius 2 is 1.84 bits per heavy atom. The van der Waals surface area contributed by atoms with Gasteiger partial charge in [-0.3, -0.25) is 4.79 Å². The molecule has 4 aromatic rings. The van der Waals surface area contributed by atoms with Gasteiger partial charge in [0.05, 0.1) is 6.42 Å². The first kappa shape index (κ1) is 23.5. The SMILES string of the molecule is Cc1cccc(OC2CC3(CCCCC3)c3ccc(-c4ccc5ccnc(N)c5c4)cc32)c1CC(=O)O. The first-order chi connectivity index (χ1) is 17.9. The van der Waals surface area contributed by atoms with Gasteiger partial charge in [-0.05, 0) is 89.1 Å². The summed E-state index contributed by atoms with van der Waals surface area (Å²) < 4.78 is 6.73. The van der Waals surface area contributed by atoms with E-state index in [1.54, 1.807) is 6.20 Å². The van der Waals surface area contributed by atoms with Crippen molar-refractivity contribution in [2.45, 2.75) is 63.4 Å². The Kier molecular flexibility index (Phi) is 5.86. The number of aromatic nitrogens is 1. The molecule has 1 heterocycles. The molecule has 1 aromatic heterocycles. The molecule has 0 amide bonds. The number of aryl methyl sites for hydroxylation is 1. The Labute approximate surface area is 217 Å². The standard InChI is InChI=1S/C32H32N2O3/c1-20-6-5-7-28(24(20)18-30(35)36)37-29-19-32(13-3-2-4-14-32)27-11-10-23(17-26(27)29)22-9-8-21-12-15-34-31(33)25(21)16-22/h5-12,15-17,29H,2-4,13-14,18-19H2,1H3,(H2,33,34)(H,35,36). The monoisotopic (exact) mass is 492 g/mol. The number of rotatable bonds is 5. The lowest BCUT2D eigenvalue weighted by atomic mass is 9.70. The molecule has 1 saturated carbocycles. The molecule has 0 radical (unpaired) electrons. The molecule has 1 fully saturated rings. The van der Waals surface area contributed by atoms with Gasteiger partial charge in [0, 0.05) is 17.1 Å². The van der Waals surface area contributed by atoms with Crippen LogP contribution in [0, 0.1) is 6.92 Å². The number of carboxylic acid groups (broad SMARTS) is 1. The molecule has 2 aliphatic carbocycles. The van der Waals surface area contributed by atoms with Crippen LogP contribution in [0.4, 0.5) is 5.82 Å². The van der Waals surface area contributed by atoms with Gasteiger partial charge < -0.3 is 15.6 Å². The van der Waals surface area contributed by atoms with Crippen LogP contribution in [0.5, 0.6) is 5.75 Å². The summed E-state index contributed by atoms with van der Waals surface area (Å²) in [6.45, 7) is 1.95. The van der Waals surface area contributed by atoms with Crippen molar-refractivity contribution >= 4 is 22.6 Å². The largest absolute Gasteiger partial charge is 0.485 e. The maximum absolute atomic E-state index is 11.6. The molecular formula is C32H32N2O3. The minimum atomic E-state index is -0.845. The highest BCUT2D eigenvalue weighted by Crippen LogP contribution is 2.54. The molecule has 0 saturated heterocycles. The number of ether oxygens (including phenoxy) is 1. The van der Waals surface area contributed by atoms with Crippen LogP contribution in [0.1, 0.15) is 66.9 Å². The van der Waals surface area contributed by atoms with Crippen LogP contribution in [0.2, 0.25) is 0 Å². The molecule has 6 rings (SSSR count). The molecule has 1 unspecified atom stereocenters. The molecule has 2 aliphatic rings. The number of aliphatic carboxylic acids is 1. The number of nitrogen functional groups attached to an aromatic ring is 1. The Bertz CT molecular complexity index is 1500. The number of pyridine rings is 1. The summed E-state index contributed by atoms with van der Waals surface area (Å²) in [7, 11) is 0. The summed E-state index contributed by atoms with van der Waals surface area (Å²) in [5, 5.41) is 11.5. The van der Waals surface area contributed by atoms with Crippen LogP contribution < -0.4 is 10.5 Å². The van der Waals surface area contributed by atoms with Gasteiger partial charge in [-0.2, -0.15) is 0 Å². The number of anilines is 1. The lowest BCUT2D eigenvalue weighted by molar-refractivity contribution is -0.136. The van der Waals surface area contributed by atoms with E-state index in [-0.39, 0.29) is 17.9 Å². The van der Waals surface area contributed by atoms with Gasteiger partial charge in [-0.15, -0.1) is 0 Å². The molecule has 5 heteroatoms. The molecular weight excluding hydrogens is 460 g/mol. The fourth-order valence-electron chi connectivity index (χ4n) is 6.56. The highest BCUT2D eigenvalue weighted by Gasteiger charge is 2.45. The van der Waals surface area contributed by atoms with E-state index in [4.69, 9.17) is 10.5 Å². The molecule has 37 heavy (non-hydrogen) atoms. The van der Waals surface area contributed by atoms with Crippen molar-refractivity contribution < 1.29 is 14.6 Å². The number of hydrogen-bond acceptors (Lipinski definition) is 4. The minimum absolute atomic E-state index is 0.0423.